The van der Waals surface area contributed by atoms with E-state index in [-0.39, 0.29) is 23.9 Å². The number of nitrogens with two attached hydrogens (primary N) is 2. The SMILES string of the molecule is Cc1cc(N2C(=O)c3nc(C4CCOC4)n(C(C)C)c3C2c2ccc(Cl)cc2)cc(N(C)N)c1N. The monoisotopic (exact) mass is 494 g/mol. The van der Waals surface area contributed by atoms with Crippen LogP contribution in [0.15, 0.2) is 36.4 Å². The first-order valence-corrected chi connectivity index (χ1v) is 12.2. The first-order valence-electron chi connectivity index (χ1n) is 11.9. The number of ether oxygens (including phenoxy) is 1. The van der Waals surface area contributed by atoms with Crippen molar-refractivity contribution in [3.63, 3.8) is 0 Å². The highest BCUT2D eigenvalue weighted by Crippen LogP contribution is 2.46. The van der Waals surface area contributed by atoms with Crippen LogP contribution in [0.3, 0.4) is 0 Å². The number of aromatic nitrogens is 2. The zero-order valence-corrected chi connectivity index (χ0v) is 21.2. The van der Waals surface area contributed by atoms with Crippen LogP contribution in [0.4, 0.5) is 17.1 Å². The van der Waals surface area contributed by atoms with Crippen molar-refractivity contribution >= 4 is 34.6 Å². The van der Waals surface area contributed by atoms with Crippen LogP contribution in [0.2, 0.25) is 5.02 Å². The summed E-state index contributed by atoms with van der Waals surface area (Å²) in [5.41, 5.74) is 11.4. The highest BCUT2D eigenvalue weighted by atomic mass is 35.5. The van der Waals surface area contributed by atoms with Gasteiger partial charge in [-0.3, -0.25) is 9.69 Å². The Labute approximate surface area is 210 Å². The number of anilines is 3. The van der Waals surface area contributed by atoms with Crippen LogP contribution in [0.1, 0.15) is 71.4 Å². The molecule has 3 aromatic rings. The van der Waals surface area contributed by atoms with E-state index >= 15 is 0 Å². The van der Waals surface area contributed by atoms with Crippen molar-refractivity contribution in [2.24, 2.45) is 5.84 Å². The molecule has 2 unspecified atom stereocenters. The fourth-order valence-electron chi connectivity index (χ4n) is 5.21. The number of hydrazine groups is 1. The lowest BCUT2D eigenvalue weighted by Gasteiger charge is -2.30. The van der Waals surface area contributed by atoms with Crippen LogP contribution < -0.4 is 21.5 Å². The number of carbonyl (C=O) groups excluding carboxylic acids is 1. The van der Waals surface area contributed by atoms with Gasteiger partial charge in [0.05, 0.1) is 23.7 Å². The molecule has 0 saturated carbocycles. The lowest BCUT2D eigenvalue weighted by Crippen LogP contribution is -2.32. The molecule has 184 valence electrons. The summed E-state index contributed by atoms with van der Waals surface area (Å²) >= 11 is 6.22. The lowest BCUT2D eigenvalue weighted by atomic mass is 10.0. The number of aryl methyl sites for hydroxylation is 1. The number of fused-ring (bicyclic) bond motifs is 1. The molecule has 0 aliphatic carbocycles. The highest BCUT2D eigenvalue weighted by Gasteiger charge is 2.45. The van der Waals surface area contributed by atoms with Crippen molar-refractivity contribution < 1.29 is 9.53 Å². The molecule has 0 bridgehead atoms. The molecule has 1 fully saturated rings. The minimum atomic E-state index is -0.375. The number of nitrogens with zero attached hydrogens (tertiary/aromatic N) is 4. The standard InChI is InChI=1S/C26H31ClN6O2/c1-14(2)32-24-22(30-25(32)17-9-10-35-13-17)26(34)33(23(24)16-5-7-18(27)8-6-16)19-11-15(3)21(28)20(12-19)31(4)29/h5-8,11-12,14,17,23H,9-10,13,28-29H2,1-4H3. The Hall–Kier alpha value is -3.07. The quantitative estimate of drug-likeness (QED) is 0.306. The van der Waals surface area contributed by atoms with Gasteiger partial charge in [0.15, 0.2) is 5.69 Å². The number of nitrogen functional groups attached to an aromatic ring is 1. The van der Waals surface area contributed by atoms with E-state index in [9.17, 15) is 4.79 Å². The molecule has 2 aliphatic heterocycles. The van der Waals surface area contributed by atoms with Crippen LogP contribution in [0.25, 0.3) is 0 Å². The van der Waals surface area contributed by atoms with Gasteiger partial charge in [-0.1, -0.05) is 23.7 Å². The summed E-state index contributed by atoms with van der Waals surface area (Å²) in [6, 6.07) is 11.2. The van der Waals surface area contributed by atoms with Crippen molar-refractivity contribution in [3.8, 4) is 0 Å². The maximum atomic E-state index is 14.0. The van der Waals surface area contributed by atoms with E-state index in [2.05, 4.69) is 18.4 Å². The number of hydrogen-bond donors (Lipinski definition) is 2. The summed E-state index contributed by atoms with van der Waals surface area (Å²) < 4.78 is 7.89. The number of benzene rings is 2. The smallest absolute Gasteiger partial charge is 0.279 e. The maximum Gasteiger partial charge on any atom is 0.279 e. The van der Waals surface area contributed by atoms with Crippen molar-refractivity contribution in [3.05, 3.63) is 69.8 Å². The summed E-state index contributed by atoms with van der Waals surface area (Å²) in [5, 5.41) is 2.11. The molecule has 2 aromatic carbocycles. The van der Waals surface area contributed by atoms with Gasteiger partial charge in [-0.05, 0) is 62.6 Å². The predicted octanol–water partition coefficient (Wildman–Crippen LogP) is 4.57. The Morgan fingerprint density at radius 2 is 1.94 bits per heavy atom. The van der Waals surface area contributed by atoms with Gasteiger partial charge in [-0.2, -0.15) is 0 Å². The number of imidazole rings is 1. The summed E-state index contributed by atoms with van der Waals surface area (Å²) in [6.07, 6.45) is 0.898. The fourth-order valence-corrected chi connectivity index (χ4v) is 5.34. The van der Waals surface area contributed by atoms with Crippen molar-refractivity contribution in [1.29, 1.82) is 0 Å². The Kier molecular flexibility index (Phi) is 5.99. The van der Waals surface area contributed by atoms with E-state index in [0.29, 0.717) is 41.0 Å². The van der Waals surface area contributed by atoms with Gasteiger partial charge in [0.2, 0.25) is 0 Å². The van der Waals surface area contributed by atoms with Gasteiger partial charge < -0.3 is 20.0 Å². The number of hydrogen-bond acceptors (Lipinski definition) is 6. The van der Waals surface area contributed by atoms with Gasteiger partial charge >= 0.3 is 0 Å². The zero-order valence-electron chi connectivity index (χ0n) is 20.5. The van der Waals surface area contributed by atoms with E-state index in [1.165, 1.54) is 5.01 Å². The molecular weight excluding hydrogens is 464 g/mol. The molecule has 4 N–H and O–H groups in total. The van der Waals surface area contributed by atoms with Gasteiger partial charge in [-0.15, -0.1) is 0 Å². The van der Waals surface area contributed by atoms with E-state index in [1.54, 1.807) is 11.9 Å². The number of amides is 1. The summed E-state index contributed by atoms with van der Waals surface area (Å²) in [4.78, 5) is 20.8. The third kappa shape index (κ3) is 3.86. The van der Waals surface area contributed by atoms with E-state index in [4.69, 9.17) is 32.9 Å². The highest BCUT2D eigenvalue weighted by molar-refractivity contribution is 6.30. The molecule has 0 radical (unpaired) electrons. The van der Waals surface area contributed by atoms with Crippen LogP contribution >= 0.6 is 11.6 Å². The third-order valence-electron chi connectivity index (χ3n) is 6.92. The molecule has 35 heavy (non-hydrogen) atoms. The minimum Gasteiger partial charge on any atom is -0.397 e. The molecule has 2 atom stereocenters. The Morgan fingerprint density at radius 1 is 1.23 bits per heavy atom. The average Bonchev–Trinajstić information content (AvgIpc) is 3.52. The van der Waals surface area contributed by atoms with E-state index in [1.807, 2.05) is 43.3 Å². The normalized spacial score (nSPS) is 19.6. The van der Waals surface area contributed by atoms with Crippen LogP contribution in [-0.4, -0.2) is 35.7 Å². The van der Waals surface area contributed by atoms with Gasteiger partial charge in [0.1, 0.15) is 11.9 Å². The predicted molar refractivity (Wildman–Crippen MR) is 139 cm³/mol. The van der Waals surface area contributed by atoms with Crippen LogP contribution in [-0.2, 0) is 4.74 Å². The topological polar surface area (TPSA) is 103 Å². The molecule has 1 aromatic heterocycles. The van der Waals surface area contributed by atoms with Gasteiger partial charge in [0.25, 0.3) is 5.91 Å². The molecular formula is C26H31ClN6O2. The van der Waals surface area contributed by atoms with Gasteiger partial charge in [-0.25, -0.2) is 10.8 Å². The molecule has 2 aliphatic rings. The summed E-state index contributed by atoms with van der Waals surface area (Å²) in [7, 11) is 1.73. The number of carbonyl (C=O) groups is 1. The Morgan fingerprint density at radius 3 is 2.54 bits per heavy atom. The van der Waals surface area contributed by atoms with Crippen molar-refractivity contribution in [2.75, 3.05) is 35.9 Å². The summed E-state index contributed by atoms with van der Waals surface area (Å²) in [5.74, 6) is 7.02. The first kappa shape index (κ1) is 23.7. The van der Waals surface area contributed by atoms with Crippen molar-refractivity contribution in [1.82, 2.24) is 9.55 Å². The molecule has 9 heteroatoms. The van der Waals surface area contributed by atoms with Crippen LogP contribution in [0, 0.1) is 6.92 Å². The minimum absolute atomic E-state index is 0.114. The second-order valence-corrected chi connectivity index (χ2v) is 10.1. The Balaban J connectivity index is 1.74. The number of halogens is 1. The second kappa shape index (κ2) is 8.86. The molecule has 3 heterocycles. The molecule has 5 rings (SSSR count). The first-order chi connectivity index (χ1) is 16.7. The average molecular weight is 495 g/mol. The fraction of sp³-hybridized carbons (Fsp3) is 0.385. The third-order valence-corrected chi connectivity index (χ3v) is 7.17. The maximum absolute atomic E-state index is 14.0. The largest absolute Gasteiger partial charge is 0.397 e. The molecule has 8 nitrogen and oxygen atoms in total. The van der Waals surface area contributed by atoms with Gasteiger partial charge in [0, 0.05) is 36.3 Å². The molecule has 0 spiro atoms. The van der Waals surface area contributed by atoms with Crippen LogP contribution in [0.5, 0.6) is 0 Å². The Bertz CT molecular complexity index is 1280. The lowest BCUT2D eigenvalue weighted by molar-refractivity contribution is 0.0989. The zero-order chi connectivity index (χ0) is 25.0. The molecule has 1 saturated heterocycles. The van der Waals surface area contributed by atoms with Crippen molar-refractivity contribution in [2.45, 2.75) is 45.2 Å². The molecule has 1 amide bonds. The second-order valence-electron chi connectivity index (χ2n) is 9.66. The van der Waals surface area contributed by atoms with E-state index < -0.39 is 0 Å². The number of rotatable bonds is 5. The summed E-state index contributed by atoms with van der Waals surface area (Å²) in [6.45, 7) is 7.50. The van der Waals surface area contributed by atoms with E-state index in [0.717, 1.165) is 29.1 Å².